The van der Waals surface area contributed by atoms with E-state index in [0.717, 1.165) is 12.4 Å². The fraction of sp³-hybridized carbons (Fsp3) is 0.667. The third kappa shape index (κ3) is 2.83. The van der Waals surface area contributed by atoms with Gasteiger partial charge in [0.2, 0.25) is 0 Å². The highest BCUT2D eigenvalue weighted by atomic mass is 15.2. The maximum absolute atomic E-state index is 4.38. The summed E-state index contributed by atoms with van der Waals surface area (Å²) in [6, 6.07) is 4.23. The van der Waals surface area contributed by atoms with E-state index in [1.54, 1.807) is 0 Å². The number of nitrogens with one attached hydrogen (secondary N) is 1. The number of aromatic nitrogens is 1. The van der Waals surface area contributed by atoms with Crippen LogP contribution in [0.5, 0.6) is 0 Å². The second-order valence-electron chi connectivity index (χ2n) is 5.47. The van der Waals surface area contributed by atoms with Crippen molar-refractivity contribution in [3.8, 4) is 0 Å². The van der Waals surface area contributed by atoms with Gasteiger partial charge < -0.3 is 5.32 Å². The van der Waals surface area contributed by atoms with Gasteiger partial charge >= 0.3 is 0 Å². The van der Waals surface area contributed by atoms with E-state index >= 15 is 0 Å². The third-order valence-electron chi connectivity index (χ3n) is 4.50. The summed E-state index contributed by atoms with van der Waals surface area (Å²) in [6.45, 7) is 8.18. The Kier molecular flexibility index (Phi) is 4.23. The molecule has 0 aliphatic carbocycles. The Labute approximate surface area is 111 Å². The molecule has 1 aromatic rings. The lowest BCUT2D eigenvalue weighted by molar-refractivity contribution is 0.236. The van der Waals surface area contributed by atoms with Gasteiger partial charge in [0.05, 0.1) is 0 Å². The zero-order chi connectivity index (χ0) is 13.0. The number of hydrogen-bond donors (Lipinski definition) is 1. The molecule has 1 saturated heterocycles. The van der Waals surface area contributed by atoms with E-state index in [0.29, 0.717) is 5.41 Å². The molecule has 3 heteroatoms. The van der Waals surface area contributed by atoms with Crippen molar-refractivity contribution in [1.82, 2.24) is 9.88 Å². The first-order valence-electron chi connectivity index (χ1n) is 7.06. The van der Waals surface area contributed by atoms with Crippen LogP contribution in [0.4, 0.5) is 5.82 Å². The normalized spacial score (nSPS) is 19.1. The molecule has 1 N–H and O–H groups in total. The molecule has 0 radical (unpaired) electrons. The van der Waals surface area contributed by atoms with Crippen molar-refractivity contribution in [2.45, 2.75) is 39.7 Å². The SMILES string of the molecule is CCC1(CC)CCN(Cc2ccc(NC)nc2)C1. The number of nitrogens with zero attached hydrogens (tertiary/aromatic N) is 2. The fourth-order valence-electron chi connectivity index (χ4n) is 2.91. The molecule has 1 aliphatic rings. The van der Waals surface area contributed by atoms with E-state index in [9.17, 15) is 0 Å². The molecule has 0 spiro atoms. The average molecular weight is 247 g/mol. The van der Waals surface area contributed by atoms with Crippen molar-refractivity contribution in [3.05, 3.63) is 23.9 Å². The molecule has 1 aliphatic heterocycles. The smallest absolute Gasteiger partial charge is 0.125 e. The maximum Gasteiger partial charge on any atom is 0.125 e. The van der Waals surface area contributed by atoms with E-state index in [-0.39, 0.29) is 0 Å². The highest BCUT2D eigenvalue weighted by molar-refractivity contribution is 5.34. The Bertz CT molecular complexity index is 368. The van der Waals surface area contributed by atoms with Crippen LogP contribution in [0.15, 0.2) is 18.3 Å². The molecule has 100 valence electrons. The zero-order valence-electron chi connectivity index (χ0n) is 11.9. The molecule has 0 atom stereocenters. The molecule has 0 bridgehead atoms. The topological polar surface area (TPSA) is 28.2 Å². The van der Waals surface area contributed by atoms with Gasteiger partial charge in [-0.3, -0.25) is 4.90 Å². The van der Waals surface area contributed by atoms with Crippen LogP contribution in [-0.4, -0.2) is 30.0 Å². The van der Waals surface area contributed by atoms with Crippen molar-refractivity contribution < 1.29 is 0 Å². The monoisotopic (exact) mass is 247 g/mol. The lowest BCUT2D eigenvalue weighted by Crippen LogP contribution is -2.26. The maximum atomic E-state index is 4.38. The Hall–Kier alpha value is -1.09. The van der Waals surface area contributed by atoms with E-state index in [1.165, 1.54) is 37.9 Å². The van der Waals surface area contributed by atoms with Gasteiger partial charge in [0.1, 0.15) is 5.82 Å². The minimum absolute atomic E-state index is 0.568. The van der Waals surface area contributed by atoms with Crippen molar-refractivity contribution in [3.63, 3.8) is 0 Å². The number of likely N-dealkylation sites (tertiary alicyclic amines) is 1. The molecular formula is C15H25N3. The van der Waals surface area contributed by atoms with E-state index in [1.807, 2.05) is 13.2 Å². The standard InChI is InChI=1S/C15H25N3/c1-4-15(5-2)8-9-18(12-15)11-13-6-7-14(16-3)17-10-13/h6-7,10H,4-5,8-9,11-12H2,1-3H3,(H,16,17). The second-order valence-corrected chi connectivity index (χ2v) is 5.47. The second kappa shape index (κ2) is 5.70. The number of hydrogen-bond acceptors (Lipinski definition) is 3. The summed E-state index contributed by atoms with van der Waals surface area (Å²) in [5.74, 6) is 0.941. The molecular weight excluding hydrogens is 222 g/mol. The first-order valence-corrected chi connectivity index (χ1v) is 7.06. The van der Waals surface area contributed by atoms with Crippen LogP contribution in [-0.2, 0) is 6.54 Å². The number of anilines is 1. The lowest BCUT2D eigenvalue weighted by atomic mass is 9.82. The molecule has 2 heterocycles. The predicted octanol–water partition coefficient (Wildman–Crippen LogP) is 3.14. The molecule has 0 saturated carbocycles. The zero-order valence-corrected chi connectivity index (χ0v) is 11.9. The van der Waals surface area contributed by atoms with Crippen LogP contribution < -0.4 is 5.32 Å². The molecule has 1 fully saturated rings. The van der Waals surface area contributed by atoms with Gasteiger partial charge in [-0.2, -0.15) is 0 Å². The first-order chi connectivity index (χ1) is 8.71. The Morgan fingerprint density at radius 3 is 2.61 bits per heavy atom. The molecule has 0 amide bonds. The Balaban J connectivity index is 1.94. The summed E-state index contributed by atoms with van der Waals surface area (Å²) in [5.41, 5.74) is 1.88. The van der Waals surface area contributed by atoms with Gasteiger partial charge in [0, 0.05) is 26.3 Å². The highest BCUT2D eigenvalue weighted by Gasteiger charge is 2.34. The van der Waals surface area contributed by atoms with E-state index < -0.39 is 0 Å². The minimum Gasteiger partial charge on any atom is -0.373 e. The summed E-state index contributed by atoms with van der Waals surface area (Å²) >= 11 is 0. The van der Waals surface area contributed by atoms with Crippen molar-refractivity contribution in [2.75, 3.05) is 25.5 Å². The van der Waals surface area contributed by atoms with Crippen molar-refractivity contribution in [2.24, 2.45) is 5.41 Å². The van der Waals surface area contributed by atoms with Gasteiger partial charge in [-0.15, -0.1) is 0 Å². The fourth-order valence-corrected chi connectivity index (χ4v) is 2.91. The summed E-state index contributed by atoms with van der Waals surface area (Å²) in [5, 5.41) is 3.05. The van der Waals surface area contributed by atoms with E-state index in [4.69, 9.17) is 0 Å². The average Bonchev–Trinajstić information content (AvgIpc) is 2.84. The minimum atomic E-state index is 0.568. The van der Waals surface area contributed by atoms with Gasteiger partial charge in [-0.1, -0.05) is 19.9 Å². The Morgan fingerprint density at radius 2 is 2.11 bits per heavy atom. The van der Waals surface area contributed by atoms with Gasteiger partial charge in [0.25, 0.3) is 0 Å². The van der Waals surface area contributed by atoms with E-state index in [2.05, 4.69) is 41.2 Å². The summed E-state index contributed by atoms with van der Waals surface area (Å²) in [7, 11) is 1.90. The molecule has 2 rings (SSSR count). The van der Waals surface area contributed by atoms with Crippen molar-refractivity contribution >= 4 is 5.82 Å². The quantitative estimate of drug-likeness (QED) is 0.866. The third-order valence-corrected chi connectivity index (χ3v) is 4.50. The lowest BCUT2D eigenvalue weighted by Gasteiger charge is -2.26. The van der Waals surface area contributed by atoms with Crippen LogP contribution in [0, 0.1) is 5.41 Å². The summed E-state index contributed by atoms with van der Waals surface area (Å²) in [4.78, 5) is 6.95. The van der Waals surface area contributed by atoms with Crippen molar-refractivity contribution in [1.29, 1.82) is 0 Å². The predicted molar refractivity (Wildman–Crippen MR) is 76.7 cm³/mol. The molecule has 3 nitrogen and oxygen atoms in total. The van der Waals surface area contributed by atoms with Crippen LogP contribution in [0.25, 0.3) is 0 Å². The first kappa shape index (κ1) is 13.3. The molecule has 0 unspecified atom stereocenters. The molecule has 18 heavy (non-hydrogen) atoms. The number of rotatable bonds is 5. The summed E-state index contributed by atoms with van der Waals surface area (Å²) < 4.78 is 0. The number of pyridine rings is 1. The van der Waals surface area contributed by atoms with Crippen LogP contribution in [0.2, 0.25) is 0 Å². The molecule has 1 aromatic heterocycles. The van der Waals surface area contributed by atoms with Crippen LogP contribution in [0.1, 0.15) is 38.7 Å². The van der Waals surface area contributed by atoms with Gasteiger partial charge in [-0.05, 0) is 42.9 Å². The largest absolute Gasteiger partial charge is 0.373 e. The van der Waals surface area contributed by atoms with Crippen LogP contribution in [0.3, 0.4) is 0 Å². The Morgan fingerprint density at radius 1 is 1.33 bits per heavy atom. The summed E-state index contributed by atoms with van der Waals surface area (Å²) in [6.07, 6.45) is 5.94. The van der Waals surface area contributed by atoms with Crippen LogP contribution >= 0.6 is 0 Å². The molecule has 0 aromatic carbocycles. The van der Waals surface area contributed by atoms with Gasteiger partial charge in [0.15, 0.2) is 0 Å². The highest BCUT2D eigenvalue weighted by Crippen LogP contribution is 2.37. The van der Waals surface area contributed by atoms with Gasteiger partial charge in [-0.25, -0.2) is 4.98 Å².